The lowest BCUT2D eigenvalue weighted by molar-refractivity contribution is -0.143. The summed E-state index contributed by atoms with van der Waals surface area (Å²) >= 11 is 0. The first kappa shape index (κ1) is 17.1. The molecule has 2 heterocycles. The van der Waals surface area contributed by atoms with Crippen molar-refractivity contribution in [3.05, 3.63) is 0 Å². The van der Waals surface area contributed by atoms with Crippen molar-refractivity contribution >= 4 is 12.1 Å². The van der Waals surface area contributed by atoms with E-state index in [1.807, 2.05) is 20.8 Å². The second kappa shape index (κ2) is 6.86. The van der Waals surface area contributed by atoms with Crippen LogP contribution in [-0.4, -0.2) is 53.8 Å². The molecule has 2 N–H and O–H groups in total. The molecule has 2 aliphatic rings. The molecule has 3 atom stereocenters. The smallest absolute Gasteiger partial charge is 0.410 e. The van der Waals surface area contributed by atoms with E-state index in [1.165, 1.54) is 0 Å². The van der Waals surface area contributed by atoms with Crippen molar-refractivity contribution in [3.8, 4) is 0 Å². The van der Waals surface area contributed by atoms with Gasteiger partial charge in [-0.3, -0.25) is 4.79 Å². The van der Waals surface area contributed by atoms with Crippen molar-refractivity contribution in [1.82, 2.24) is 10.2 Å². The summed E-state index contributed by atoms with van der Waals surface area (Å²) in [7, 11) is 0. The summed E-state index contributed by atoms with van der Waals surface area (Å²) in [6.07, 6.45) is 2.46. The van der Waals surface area contributed by atoms with Crippen molar-refractivity contribution in [2.75, 3.05) is 26.2 Å². The van der Waals surface area contributed by atoms with Crippen molar-refractivity contribution in [1.29, 1.82) is 0 Å². The van der Waals surface area contributed by atoms with Gasteiger partial charge in [0.25, 0.3) is 0 Å². The Balaban J connectivity index is 1.92. The van der Waals surface area contributed by atoms with Gasteiger partial charge in [-0.2, -0.15) is 0 Å². The quantitative estimate of drug-likeness (QED) is 0.814. The Morgan fingerprint density at radius 1 is 1.23 bits per heavy atom. The Bertz CT molecular complexity index is 419. The highest BCUT2D eigenvalue weighted by Crippen LogP contribution is 2.31. The molecule has 2 aliphatic heterocycles. The van der Waals surface area contributed by atoms with Gasteiger partial charge in [0.05, 0.1) is 5.92 Å². The fraction of sp³-hybridized carbons (Fsp3) is 0.875. The fourth-order valence-corrected chi connectivity index (χ4v) is 3.41. The predicted octanol–water partition coefficient (Wildman–Crippen LogP) is 1.94. The molecule has 1 amide bonds. The number of nitrogens with zero attached hydrogens (tertiary/aromatic N) is 1. The van der Waals surface area contributed by atoms with Crippen LogP contribution in [0, 0.1) is 17.8 Å². The van der Waals surface area contributed by atoms with Gasteiger partial charge in [0, 0.05) is 19.6 Å². The topological polar surface area (TPSA) is 78.9 Å². The molecule has 0 bridgehead atoms. The van der Waals surface area contributed by atoms with E-state index in [-0.39, 0.29) is 12.0 Å². The highest BCUT2D eigenvalue weighted by molar-refractivity contribution is 5.70. The zero-order valence-electron chi connectivity index (χ0n) is 13.8. The molecule has 6 heteroatoms. The molecule has 0 saturated carbocycles. The number of rotatable bonds is 2. The standard InChI is InChI=1S/C16H28N2O4/c1-16(2,3)22-15(21)18-6-4-5-11(10-18)12-7-13(14(19)20)9-17-8-12/h11-13,17H,4-10H2,1-3H3,(H,19,20). The number of amides is 1. The normalized spacial score (nSPS) is 30.0. The Morgan fingerprint density at radius 3 is 2.59 bits per heavy atom. The first-order valence-corrected chi connectivity index (χ1v) is 8.17. The Labute approximate surface area is 132 Å². The zero-order chi connectivity index (χ0) is 16.3. The van der Waals surface area contributed by atoms with E-state index in [0.717, 1.165) is 25.9 Å². The molecule has 0 aromatic heterocycles. The van der Waals surface area contributed by atoms with Crippen LogP contribution in [0.4, 0.5) is 4.79 Å². The number of ether oxygens (including phenoxy) is 1. The van der Waals surface area contributed by atoms with E-state index in [4.69, 9.17) is 4.74 Å². The highest BCUT2D eigenvalue weighted by Gasteiger charge is 2.35. The van der Waals surface area contributed by atoms with Crippen molar-refractivity contribution in [2.45, 2.75) is 45.6 Å². The van der Waals surface area contributed by atoms with Crippen LogP contribution in [0.1, 0.15) is 40.0 Å². The molecule has 2 fully saturated rings. The van der Waals surface area contributed by atoms with E-state index in [9.17, 15) is 14.7 Å². The lowest BCUT2D eigenvalue weighted by Gasteiger charge is -2.40. The average Bonchev–Trinajstić information content (AvgIpc) is 2.46. The summed E-state index contributed by atoms with van der Waals surface area (Å²) in [6, 6.07) is 0. The van der Waals surface area contributed by atoms with Gasteiger partial charge in [-0.25, -0.2) is 4.79 Å². The van der Waals surface area contributed by atoms with Crippen molar-refractivity contribution in [3.63, 3.8) is 0 Å². The molecular weight excluding hydrogens is 284 g/mol. The number of carbonyl (C=O) groups is 2. The zero-order valence-corrected chi connectivity index (χ0v) is 13.8. The summed E-state index contributed by atoms with van der Waals surface area (Å²) in [5.41, 5.74) is -0.481. The van der Waals surface area contributed by atoms with Gasteiger partial charge >= 0.3 is 12.1 Å². The van der Waals surface area contributed by atoms with Gasteiger partial charge in [-0.1, -0.05) is 0 Å². The molecule has 126 valence electrons. The van der Waals surface area contributed by atoms with E-state index in [0.29, 0.717) is 31.3 Å². The second-order valence-corrected chi connectivity index (χ2v) is 7.52. The minimum Gasteiger partial charge on any atom is -0.481 e. The molecule has 2 saturated heterocycles. The van der Waals surface area contributed by atoms with Crippen LogP contribution >= 0.6 is 0 Å². The third kappa shape index (κ3) is 4.60. The maximum Gasteiger partial charge on any atom is 0.410 e. The van der Waals surface area contributed by atoms with E-state index in [2.05, 4.69) is 5.32 Å². The number of hydrogen-bond donors (Lipinski definition) is 2. The number of carboxylic acids is 1. The average molecular weight is 312 g/mol. The van der Waals surface area contributed by atoms with Gasteiger partial charge in [-0.05, 0) is 58.4 Å². The van der Waals surface area contributed by atoms with E-state index < -0.39 is 11.6 Å². The minimum absolute atomic E-state index is 0.254. The Hall–Kier alpha value is -1.30. The third-order valence-corrected chi connectivity index (χ3v) is 4.51. The molecule has 0 radical (unpaired) electrons. The lowest BCUT2D eigenvalue weighted by Crippen LogP contribution is -2.48. The number of carbonyl (C=O) groups excluding carboxylic acids is 1. The molecular formula is C16H28N2O4. The summed E-state index contributed by atoms with van der Waals surface area (Å²) in [6.45, 7) is 8.41. The number of nitrogens with one attached hydrogen (secondary N) is 1. The largest absolute Gasteiger partial charge is 0.481 e. The van der Waals surface area contributed by atoms with Gasteiger partial charge < -0.3 is 20.1 Å². The Kier molecular flexibility index (Phi) is 5.32. The first-order valence-electron chi connectivity index (χ1n) is 8.17. The summed E-state index contributed by atoms with van der Waals surface area (Å²) in [5.74, 6) is -0.358. The second-order valence-electron chi connectivity index (χ2n) is 7.52. The van der Waals surface area contributed by atoms with Crippen LogP contribution in [0.3, 0.4) is 0 Å². The maximum atomic E-state index is 12.2. The van der Waals surface area contributed by atoms with Crippen LogP contribution < -0.4 is 5.32 Å². The van der Waals surface area contributed by atoms with Gasteiger partial charge in [0.1, 0.15) is 5.60 Å². The van der Waals surface area contributed by atoms with Crippen molar-refractivity contribution in [2.24, 2.45) is 17.8 Å². The Morgan fingerprint density at radius 2 is 1.95 bits per heavy atom. The molecule has 0 spiro atoms. The fourth-order valence-electron chi connectivity index (χ4n) is 3.41. The molecule has 6 nitrogen and oxygen atoms in total. The molecule has 0 aliphatic carbocycles. The monoisotopic (exact) mass is 312 g/mol. The van der Waals surface area contributed by atoms with E-state index >= 15 is 0 Å². The maximum absolute atomic E-state index is 12.2. The van der Waals surface area contributed by atoms with Gasteiger partial charge in [0.2, 0.25) is 0 Å². The number of piperidine rings is 2. The van der Waals surface area contributed by atoms with Crippen LogP contribution in [0.15, 0.2) is 0 Å². The van der Waals surface area contributed by atoms with E-state index in [1.54, 1.807) is 4.90 Å². The molecule has 0 aromatic carbocycles. The molecule has 3 unspecified atom stereocenters. The summed E-state index contributed by atoms with van der Waals surface area (Å²) in [5, 5.41) is 12.4. The summed E-state index contributed by atoms with van der Waals surface area (Å²) < 4.78 is 5.45. The van der Waals surface area contributed by atoms with Crippen LogP contribution in [0.2, 0.25) is 0 Å². The van der Waals surface area contributed by atoms with Gasteiger partial charge in [-0.15, -0.1) is 0 Å². The van der Waals surface area contributed by atoms with Gasteiger partial charge in [0.15, 0.2) is 0 Å². The van der Waals surface area contributed by atoms with Crippen LogP contribution in [-0.2, 0) is 9.53 Å². The minimum atomic E-state index is -0.725. The predicted molar refractivity (Wildman–Crippen MR) is 82.6 cm³/mol. The number of likely N-dealkylation sites (tertiary alicyclic amines) is 1. The SMILES string of the molecule is CC(C)(C)OC(=O)N1CCCC(C2CNCC(C(=O)O)C2)C1. The lowest BCUT2D eigenvalue weighted by atomic mass is 9.78. The molecule has 22 heavy (non-hydrogen) atoms. The molecule has 0 aromatic rings. The van der Waals surface area contributed by atoms with Crippen molar-refractivity contribution < 1.29 is 19.4 Å². The number of carboxylic acid groups (broad SMARTS) is 1. The highest BCUT2D eigenvalue weighted by atomic mass is 16.6. The first-order chi connectivity index (χ1) is 10.3. The van der Waals surface area contributed by atoms with Crippen LogP contribution in [0.5, 0.6) is 0 Å². The summed E-state index contributed by atoms with van der Waals surface area (Å²) in [4.78, 5) is 25.2. The third-order valence-electron chi connectivity index (χ3n) is 4.51. The van der Waals surface area contributed by atoms with Crippen LogP contribution in [0.25, 0.3) is 0 Å². The number of hydrogen-bond acceptors (Lipinski definition) is 4. The number of aliphatic carboxylic acids is 1. The molecule has 2 rings (SSSR count).